The molecule has 142 valence electrons. The Bertz CT molecular complexity index is 306. The Morgan fingerprint density at radius 3 is 1.62 bits per heavy atom. The van der Waals surface area contributed by atoms with Crippen LogP contribution in [0, 0.1) is 0 Å². The van der Waals surface area contributed by atoms with Crippen LogP contribution in [0.15, 0.2) is 74.6 Å². The molecular formula is C23H44O. The first kappa shape index (κ1) is 33.8. The van der Waals surface area contributed by atoms with Gasteiger partial charge in [-0.05, 0) is 32.4 Å². The van der Waals surface area contributed by atoms with Gasteiger partial charge in [-0.15, -0.1) is 26.3 Å². The van der Waals surface area contributed by atoms with Crippen molar-refractivity contribution in [2.45, 2.75) is 67.7 Å². The normalized spacial score (nSPS) is 9.12. The van der Waals surface area contributed by atoms with Gasteiger partial charge in [0.25, 0.3) is 0 Å². The summed E-state index contributed by atoms with van der Waals surface area (Å²) < 4.78 is 5.52. The van der Waals surface area contributed by atoms with Crippen LogP contribution in [0.25, 0.3) is 0 Å². The van der Waals surface area contributed by atoms with Crippen molar-refractivity contribution in [1.29, 1.82) is 0 Å². The molecule has 1 nitrogen and oxygen atoms in total. The van der Waals surface area contributed by atoms with Gasteiger partial charge in [-0.2, -0.15) is 0 Å². The highest BCUT2D eigenvalue weighted by Crippen LogP contribution is 2.11. The summed E-state index contributed by atoms with van der Waals surface area (Å²) in [6, 6.07) is 0. The minimum Gasteiger partial charge on any atom is -0.490 e. The molecule has 0 aliphatic heterocycles. The third-order valence-corrected chi connectivity index (χ3v) is 1.79. The van der Waals surface area contributed by atoms with Gasteiger partial charge in [-0.3, -0.25) is 0 Å². The van der Waals surface area contributed by atoms with Gasteiger partial charge in [0.1, 0.15) is 12.4 Å². The SMILES string of the molecule is C=C.C=C.C=CCOC(/C=C(\C)CCC)=C/C(=C)C.CC.CCC. The minimum atomic E-state index is 0.537. The zero-order chi connectivity index (χ0) is 20.4. The van der Waals surface area contributed by atoms with E-state index in [4.69, 9.17) is 4.74 Å². The van der Waals surface area contributed by atoms with Crippen molar-refractivity contribution >= 4 is 0 Å². The Hall–Kier alpha value is -1.76. The maximum absolute atomic E-state index is 5.52. The largest absolute Gasteiger partial charge is 0.490 e. The third kappa shape index (κ3) is 42.7. The van der Waals surface area contributed by atoms with Gasteiger partial charge in [0.15, 0.2) is 0 Å². The van der Waals surface area contributed by atoms with E-state index in [0.717, 1.165) is 24.2 Å². The fourth-order valence-corrected chi connectivity index (χ4v) is 1.23. The van der Waals surface area contributed by atoms with E-state index in [1.54, 1.807) is 6.08 Å². The number of allylic oxidation sites excluding steroid dienone is 4. The second kappa shape index (κ2) is 37.5. The van der Waals surface area contributed by atoms with Gasteiger partial charge in [0.05, 0.1) is 0 Å². The molecular weight excluding hydrogens is 292 g/mol. The van der Waals surface area contributed by atoms with Crippen LogP contribution in [0.3, 0.4) is 0 Å². The van der Waals surface area contributed by atoms with Gasteiger partial charge in [0, 0.05) is 0 Å². The number of hydrogen-bond donors (Lipinski definition) is 0. The predicted molar refractivity (Wildman–Crippen MR) is 118 cm³/mol. The van der Waals surface area contributed by atoms with E-state index in [2.05, 4.69) is 73.2 Å². The summed E-state index contributed by atoms with van der Waals surface area (Å²) in [5.74, 6) is 0.869. The van der Waals surface area contributed by atoms with E-state index in [1.807, 2.05) is 26.8 Å². The van der Waals surface area contributed by atoms with Crippen molar-refractivity contribution in [3.63, 3.8) is 0 Å². The highest BCUT2D eigenvalue weighted by molar-refractivity contribution is 5.25. The van der Waals surface area contributed by atoms with Crippen LogP contribution in [-0.2, 0) is 4.74 Å². The first-order chi connectivity index (χ1) is 11.5. The van der Waals surface area contributed by atoms with E-state index < -0.39 is 0 Å². The molecule has 0 aromatic carbocycles. The molecule has 0 heterocycles. The summed E-state index contributed by atoms with van der Waals surface area (Å²) in [7, 11) is 0. The molecule has 1 heteroatoms. The molecule has 0 aromatic heterocycles. The van der Waals surface area contributed by atoms with Crippen molar-refractivity contribution in [1.82, 2.24) is 0 Å². The highest BCUT2D eigenvalue weighted by Gasteiger charge is 1.95. The van der Waals surface area contributed by atoms with Crippen LogP contribution in [0.2, 0.25) is 0 Å². The van der Waals surface area contributed by atoms with Crippen LogP contribution in [0.4, 0.5) is 0 Å². The van der Waals surface area contributed by atoms with Gasteiger partial charge in [0.2, 0.25) is 0 Å². The Kier molecular flexibility index (Phi) is 52.7. The lowest BCUT2D eigenvalue weighted by atomic mass is 10.1. The molecule has 0 atom stereocenters. The van der Waals surface area contributed by atoms with Crippen molar-refractivity contribution in [3.05, 3.63) is 74.6 Å². The average Bonchev–Trinajstić information content (AvgIpc) is 2.58. The molecule has 0 saturated carbocycles. The maximum Gasteiger partial charge on any atom is 0.119 e. The predicted octanol–water partition coefficient (Wildman–Crippen LogP) is 8.44. The Morgan fingerprint density at radius 1 is 0.917 bits per heavy atom. The zero-order valence-electron chi connectivity index (χ0n) is 17.7. The molecule has 0 aliphatic rings. The fourth-order valence-electron chi connectivity index (χ4n) is 1.23. The highest BCUT2D eigenvalue weighted by atomic mass is 16.5. The number of rotatable bonds is 7. The van der Waals surface area contributed by atoms with Gasteiger partial charge < -0.3 is 4.74 Å². The summed E-state index contributed by atoms with van der Waals surface area (Å²) >= 11 is 0. The van der Waals surface area contributed by atoms with Crippen molar-refractivity contribution in [2.24, 2.45) is 0 Å². The van der Waals surface area contributed by atoms with Gasteiger partial charge in [-0.1, -0.05) is 77.8 Å². The molecule has 24 heavy (non-hydrogen) atoms. The van der Waals surface area contributed by atoms with E-state index in [9.17, 15) is 0 Å². The molecule has 0 N–H and O–H groups in total. The number of ether oxygens (including phenoxy) is 1. The summed E-state index contributed by atoms with van der Waals surface area (Å²) in [6.07, 6.45) is 9.27. The molecule has 0 bridgehead atoms. The lowest BCUT2D eigenvalue weighted by Gasteiger charge is -2.06. The van der Waals surface area contributed by atoms with Gasteiger partial charge >= 0.3 is 0 Å². The molecule has 0 aromatic rings. The topological polar surface area (TPSA) is 9.23 Å². The smallest absolute Gasteiger partial charge is 0.119 e. The first-order valence-electron chi connectivity index (χ1n) is 8.79. The molecule has 0 radical (unpaired) electrons. The van der Waals surface area contributed by atoms with Crippen LogP contribution >= 0.6 is 0 Å². The van der Waals surface area contributed by atoms with Crippen molar-refractivity contribution in [2.75, 3.05) is 6.61 Å². The van der Waals surface area contributed by atoms with Crippen molar-refractivity contribution in [3.8, 4) is 0 Å². The van der Waals surface area contributed by atoms with Crippen LogP contribution in [-0.4, -0.2) is 6.61 Å². The molecule has 0 spiro atoms. The molecule has 0 unspecified atom stereocenters. The molecule has 0 saturated heterocycles. The fraction of sp³-hybridized carbons (Fsp3) is 0.478. The van der Waals surface area contributed by atoms with Gasteiger partial charge in [-0.25, -0.2) is 0 Å². The standard InChI is InChI=1S/C14H22O.C3H8.C2H6.2C2H4/c1-6-8-13(5)11-14(10-12(3)4)15-9-7-2;1-3-2;3*1-2/h7,10-11H,2-3,6,8-9H2,1,4-5H3;3H2,1-2H3;1-2H3;2*1-2H2/b13-11+,14-10+;;;;. The van der Waals surface area contributed by atoms with E-state index in [0.29, 0.717) is 6.61 Å². The van der Waals surface area contributed by atoms with E-state index in [-0.39, 0.29) is 0 Å². The van der Waals surface area contributed by atoms with E-state index in [1.165, 1.54) is 12.0 Å². The Labute approximate surface area is 154 Å². The lowest BCUT2D eigenvalue weighted by molar-refractivity contribution is 0.261. The minimum absolute atomic E-state index is 0.537. The van der Waals surface area contributed by atoms with E-state index >= 15 is 0 Å². The Morgan fingerprint density at radius 2 is 1.33 bits per heavy atom. The maximum atomic E-state index is 5.52. The quantitative estimate of drug-likeness (QED) is 0.257. The zero-order valence-corrected chi connectivity index (χ0v) is 17.7. The van der Waals surface area contributed by atoms with Crippen molar-refractivity contribution < 1.29 is 4.74 Å². The summed E-state index contributed by atoms with van der Waals surface area (Å²) in [6.45, 7) is 34.5. The summed E-state index contributed by atoms with van der Waals surface area (Å²) in [4.78, 5) is 0. The molecule has 0 rings (SSSR count). The first-order valence-corrected chi connectivity index (χ1v) is 8.79. The molecule has 0 fully saturated rings. The van der Waals surface area contributed by atoms with Crippen LogP contribution in [0.1, 0.15) is 67.7 Å². The summed E-state index contributed by atoms with van der Waals surface area (Å²) in [5, 5.41) is 0. The Balaban J connectivity index is -0.000000113. The monoisotopic (exact) mass is 336 g/mol. The molecule has 0 amide bonds. The van der Waals surface area contributed by atoms with Crippen LogP contribution in [0.5, 0.6) is 0 Å². The van der Waals surface area contributed by atoms with Crippen LogP contribution < -0.4 is 0 Å². The summed E-state index contributed by atoms with van der Waals surface area (Å²) in [5.41, 5.74) is 2.32. The second-order valence-corrected chi connectivity index (χ2v) is 4.44. The lowest BCUT2D eigenvalue weighted by Crippen LogP contribution is -1.91. The average molecular weight is 337 g/mol. The molecule has 0 aliphatic carbocycles. The number of hydrogen-bond acceptors (Lipinski definition) is 1. The second-order valence-electron chi connectivity index (χ2n) is 4.44. The third-order valence-electron chi connectivity index (χ3n) is 1.79.